The molecule has 0 radical (unpaired) electrons. The largest absolute Gasteiger partial charge is 0.346 e. The van der Waals surface area contributed by atoms with Gasteiger partial charge in [0, 0.05) is 13.1 Å². The molecule has 0 saturated carbocycles. The van der Waals surface area contributed by atoms with Crippen LogP contribution in [-0.2, 0) is 4.79 Å². The van der Waals surface area contributed by atoms with Crippen molar-refractivity contribution in [3.63, 3.8) is 0 Å². The van der Waals surface area contributed by atoms with Crippen LogP contribution in [0.5, 0.6) is 0 Å². The molecule has 1 fully saturated rings. The van der Waals surface area contributed by atoms with Crippen molar-refractivity contribution < 1.29 is 18.0 Å². The van der Waals surface area contributed by atoms with Crippen LogP contribution in [0.2, 0.25) is 0 Å². The number of aryl methyl sites for hydroxylation is 1. The third-order valence-electron chi connectivity index (χ3n) is 4.35. The van der Waals surface area contributed by atoms with Crippen LogP contribution in [0, 0.1) is 30.3 Å². The van der Waals surface area contributed by atoms with Gasteiger partial charge in [-0.1, -0.05) is 17.4 Å². The summed E-state index contributed by atoms with van der Waals surface area (Å²) in [7, 11) is 0. The number of amides is 1. The highest BCUT2D eigenvalue weighted by Crippen LogP contribution is 2.33. The molecule has 1 aliphatic rings. The molecule has 4 nitrogen and oxygen atoms in total. The highest BCUT2D eigenvalue weighted by Gasteiger charge is 2.35. The SMILES string of the molecule is Cc1ccc2nc(N3CC(C(=O)Nc4ccc(F)c(F)c4F)C3)sc2c1. The maximum absolute atomic E-state index is 13.7. The minimum absolute atomic E-state index is 0.359. The lowest BCUT2D eigenvalue weighted by Crippen LogP contribution is -2.52. The van der Waals surface area contributed by atoms with E-state index in [4.69, 9.17) is 0 Å². The first-order valence-electron chi connectivity index (χ1n) is 7.99. The van der Waals surface area contributed by atoms with Gasteiger partial charge in [0.2, 0.25) is 5.91 Å². The Morgan fingerprint density at radius 3 is 2.73 bits per heavy atom. The summed E-state index contributed by atoms with van der Waals surface area (Å²) in [4.78, 5) is 18.7. The second-order valence-electron chi connectivity index (χ2n) is 6.28. The van der Waals surface area contributed by atoms with E-state index in [1.165, 1.54) is 0 Å². The number of aromatic nitrogens is 1. The van der Waals surface area contributed by atoms with E-state index in [-0.39, 0.29) is 11.6 Å². The predicted molar refractivity (Wildman–Crippen MR) is 95.0 cm³/mol. The van der Waals surface area contributed by atoms with Crippen molar-refractivity contribution in [2.45, 2.75) is 6.92 Å². The van der Waals surface area contributed by atoms with Crippen molar-refractivity contribution in [3.05, 3.63) is 53.3 Å². The number of hydrogen-bond acceptors (Lipinski definition) is 4. The summed E-state index contributed by atoms with van der Waals surface area (Å²) >= 11 is 1.55. The summed E-state index contributed by atoms with van der Waals surface area (Å²) in [5, 5.41) is 3.15. The van der Waals surface area contributed by atoms with Crippen molar-refractivity contribution in [1.29, 1.82) is 0 Å². The van der Waals surface area contributed by atoms with Gasteiger partial charge >= 0.3 is 0 Å². The first kappa shape index (κ1) is 16.8. The smallest absolute Gasteiger partial charge is 0.231 e. The molecule has 8 heteroatoms. The molecule has 3 aromatic rings. The number of fused-ring (bicyclic) bond motifs is 1. The maximum Gasteiger partial charge on any atom is 0.231 e. The van der Waals surface area contributed by atoms with Gasteiger partial charge in [-0.05, 0) is 36.8 Å². The normalized spacial score (nSPS) is 14.5. The van der Waals surface area contributed by atoms with Crippen molar-refractivity contribution in [1.82, 2.24) is 4.98 Å². The lowest BCUT2D eigenvalue weighted by molar-refractivity contribution is -0.120. The number of nitrogens with one attached hydrogen (secondary N) is 1. The fraction of sp³-hybridized carbons (Fsp3) is 0.222. The van der Waals surface area contributed by atoms with Gasteiger partial charge in [-0.25, -0.2) is 18.2 Å². The van der Waals surface area contributed by atoms with Crippen LogP contribution in [0.3, 0.4) is 0 Å². The van der Waals surface area contributed by atoms with Gasteiger partial charge in [-0.2, -0.15) is 0 Å². The zero-order valence-corrected chi connectivity index (χ0v) is 14.5. The number of thiazole rings is 1. The number of halogens is 3. The Morgan fingerprint density at radius 1 is 1.19 bits per heavy atom. The molecule has 2 heterocycles. The number of carbonyl (C=O) groups excluding carboxylic acids is 1. The number of rotatable bonds is 3. The molecule has 26 heavy (non-hydrogen) atoms. The summed E-state index contributed by atoms with van der Waals surface area (Å²) in [6.07, 6.45) is 0. The molecule has 0 atom stereocenters. The van der Waals surface area contributed by atoms with Gasteiger partial charge in [-0.15, -0.1) is 0 Å². The molecule has 134 valence electrons. The maximum atomic E-state index is 13.7. The molecule has 0 unspecified atom stereocenters. The zero-order valence-electron chi connectivity index (χ0n) is 13.7. The van der Waals surface area contributed by atoms with Gasteiger partial charge in [0.25, 0.3) is 0 Å². The van der Waals surface area contributed by atoms with Crippen LogP contribution < -0.4 is 10.2 Å². The van der Waals surface area contributed by atoms with E-state index in [1.54, 1.807) is 11.3 Å². The average molecular weight is 377 g/mol. The van der Waals surface area contributed by atoms with Crippen LogP contribution in [0.4, 0.5) is 24.0 Å². The van der Waals surface area contributed by atoms with Crippen molar-refractivity contribution in [2.75, 3.05) is 23.3 Å². The van der Waals surface area contributed by atoms with Gasteiger partial charge in [0.1, 0.15) is 0 Å². The van der Waals surface area contributed by atoms with Crippen molar-refractivity contribution >= 4 is 38.3 Å². The highest BCUT2D eigenvalue weighted by atomic mass is 32.1. The van der Waals surface area contributed by atoms with Crippen LogP contribution >= 0.6 is 11.3 Å². The number of carbonyl (C=O) groups is 1. The minimum atomic E-state index is -1.59. The molecule has 1 aromatic heterocycles. The molecule has 4 rings (SSSR count). The van der Waals surface area contributed by atoms with Gasteiger partial charge in [0.05, 0.1) is 21.8 Å². The molecule has 2 aromatic carbocycles. The minimum Gasteiger partial charge on any atom is -0.346 e. The van der Waals surface area contributed by atoms with Gasteiger partial charge < -0.3 is 10.2 Å². The first-order valence-corrected chi connectivity index (χ1v) is 8.80. The average Bonchev–Trinajstić information content (AvgIpc) is 2.96. The summed E-state index contributed by atoms with van der Waals surface area (Å²) in [5.74, 6) is -5.07. The molecule has 1 amide bonds. The third-order valence-corrected chi connectivity index (χ3v) is 5.43. The van der Waals surface area contributed by atoms with Crippen LogP contribution in [0.15, 0.2) is 30.3 Å². The summed E-state index contributed by atoms with van der Waals surface area (Å²) in [6, 6.07) is 7.81. The van der Waals surface area contributed by atoms with Gasteiger partial charge in [0.15, 0.2) is 22.6 Å². The molecular weight excluding hydrogens is 363 g/mol. The molecule has 0 bridgehead atoms. The molecule has 1 N–H and O–H groups in total. The van der Waals surface area contributed by atoms with E-state index in [0.717, 1.165) is 33.0 Å². The lowest BCUT2D eigenvalue weighted by atomic mass is 10.00. The topological polar surface area (TPSA) is 45.2 Å². The number of hydrogen-bond donors (Lipinski definition) is 1. The van der Waals surface area contributed by atoms with Crippen molar-refractivity contribution in [3.8, 4) is 0 Å². The number of nitrogens with zero attached hydrogens (tertiary/aromatic N) is 2. The second kappa shape index (κ2) is 6.28. The Labute approximate surface area is 151 Å². The summed E-state index contributed by atoms with van der Waals surface area (Å²) in [5.41, 5.74) is 1.71. The van der Waals surface area contributed by atoms with Crippen LogP contribution in [0.25, 0.3) is 10.2 Å². The van der Waals surface area contributed by atoms with E-state index in [0.29, 0.717) is 13.1 Å². The van der Waals surface area contributed by atoms with Crippen LogP contribution in [0.1, 0.15) is 5.56 Å². The van der Waals surface area contributed by atoms with Gasteiger partial charge in [-0.3, -0.25) is 4.79 Å². The Kier molecular flexibility index (Phi) is 4.07. The lowest BCUT2D eigenvalue weighted by Gasteiger charge is -2.37. The van der Waals surface area contributed by atoms with E-state index in [2.05, 4.69) is 16.4 Å². The van der Waals surface area contributed by atoms with E-state index >= 15 is 0 Å². The van der Waals surface area contributed by atoms with E-state index < -0.39 is 23.4 Å². The number of anilines is 2. The molecular formula is C18H14F3N3OS. The Bertz CT molecular complexity index is 1010. The monoisotopic (exact) mass is 377 g/mol. The Balaban J connectivity index is 1.42. The zero-order chi connectivity index (χ0) is 18.4. The summed E-state index contributed by atoms with van der Waals surface area (Å²) < 4.78 is 40.9. The Hall–Kier alpha value is -2.61. The second-order valence-corrected chi connectivity index (χ2v) is 7.29. The third kappa shape index (κ3) is 2.90. The summed E-state index contributed by atoms with van der Waals surface area (Å²) in [6.45, 7) is 2.89. The first-order chi connectivity index (χ1) is 12.4. The highest BCUT2D eigenvalue weighted by molar-refractivity contribution is 7.22. The number of benzene rings is 2. The molecule has 1 aliphatic heterocycles. The fourth-order valence-electron chi connectivity index (χ4n) is 2.81. The van der Waals surface area contributed by atoms with Crippen molar-refractivity contribution in [2.24, 2.45) is 5.92 Å². The molecule has 1 saturated heterocycles. The van der Waals surface area contributed by atoms with E-state index in [1.807, 2.05) is 24.0 Å². The predicted octanol–water partition coefficient (Wildman–Crippen LogP) is 4.10. The molecule has 0 aliphatic carbocycles. The quantitative estimate of drug-likeness (QED) is 0.699. The standard InChI is InChI=1S/C18H14F3N3OS/c1-9-2-4-12-14(6-9)26-18(23-12)24-7-10(8-24)17(25)22-13-5-3-11(19)15(20)16(13)21/h2-6,10H,7-8H2,1H3,(H,22,25). The Morgan fingerprint density at radius 2 is 1.96 bits per heavy atom. The van der Waals surface area contributed by atoms with Crippen LogP contribution in [-0.4, -0.2) is 24.0 Å². The molecule has 0 spiro atoms. The van der Waals surface area contributed by atoms with E-state index in [9.17, 15) is 18.0 Å². The fourth-order valence-corrected chi connectivity index (χ4v) is 3.89.